The van der Waals surface area contributed by atoms with Crippen molar-refractivity contribution in [3.05, 3.63) is 12.2 Å². The summed E-state index contributed by atoms with van der Waals surface area (Å²) in [6.07, 6.45) is 14.1. The summed E-state index contributed by atoms with van der Waals surface area (Å²) in [5, 5.41) is 0. The minimum Gasteiger partial charge on any atom is -0.299 e. The van der Waals surface area contributed by atoms with Gasteiger partial charge in [0.05, 0.1) is 0 Å². The van der Waals surface area contributed by atoms with E-state index in [2.05, 4.69) is 26.0 Å². The second kappa shape index (κ2) is 3.25. The van der Waals surface area contributed by atoms with Gasteiger partial charge >= 0.3 is 0 Å². The largest absolute Gasteiger partial charge is 0.299 e. The van der Waals surface area contributed by atoms with Crippen LogP contribution < -0.4 is 0 Å². The molecule has 0 heterocycles. The fourth-order valence-electron chi connectivity index (χ4n) is 7.30. The monoisotopic (exact) mass is 270 g/mol. The standard InChI is InChI=1S/C19H26O/c1-17-8-7-15-13(14(17)3-4-16(17)20)6-10-19-11-12(19)5-9-18(15,19)2/h6,10,12-15H,3-5,7-9,11H2,1-2H3/t12-,13+,14+,15+,17+,18-,19+/m1/s1. The van der Waals surface area contributed by atoms with Crippen LogP contribution in [0.2, 0.25) is 0 Å². The van der Waals surface area contributed by atoms with Crippen LogP contribution in [0.25, 0.3) is 0 Å². The van der Waals surface area contributed by atoms with Gasteiger partial charge in [-0.15, -0.1) is 0 Å². The van der Waals surface area contributed by atoms with Crippen molar-refractivity contribution in [1.29, 1.82) is 0 Å². The van der Waals surface area contributed by atoms with E-state index in [0.717, 1.165) is 24.7 Å². The molecule has 0 saturated heterocycles. The Hall–Kier alpha value is -0.590. The van der Waals surface area contributed by atoms with E-state index >= 15 is 0 Å². The highest BCUT2D eigenvalue weighted by Gasteiger charge is 2.72. The zero-order chi connectivity index (χ0) is 13.8. The van der Waals surface area contributed by atoms with Gasteiger partial charge in [0.1, 0.15) is 5.78 Å². The maximum absolute atomic E-state index is 12.4. The summed E-state index contributed by atoms with van der Waals surface area (Å²) in [4.78, 5) is 12.4. The lowest BCUT2D eigenvalue weighted by atomic mass is 9.49. The first kappa shape index (κ1) is 12.0. The summed E-state index contributed by atoms with van der Waals surface area (Å²) in [6, 6.07) is 0. The smallest absolute Gasteiger partial charge is 0.139 e. The maximum Gasteiger partial charge on any atom is 0.139 e. The Labute approximate surface area is 122 Å². The van der Waals surface area contributed by atoms with E-state index in [9.17, 15) is 4.79 Å². The molecule has 0 radical (unpaired) electrons. The topological polar surface area (TPSA) is 17.1 Å². The number of hydrogen-bond donors (Lipinski definition) is 0. The zero-order valence-electron chi connectivity index (χ0n) is 12.8. The molecule has 0 aromatic carbocycles. The van der Waals surface area contributed by atoms with Crippen molar-refractivity contribution in [3.8, 4) is 0 Å². The lowest BCUT2D eigenvalue weighted by molar-refractivity contribution is -0.131. The second-order valence-corrected chi connectivity index (χ2v) is 8.97. The molecule has 5 aliphatic rings. The summed E-state index contributed by atoms with van der Waals surface area (Å²) in [5.41, 5.74) is 1.17. The van der Waals surface area contributed by atoms with Gasteiger partial charge in [0.2, 0.25) is 0 Å². The van der Waals surface area contributed by atoms with Crippen molar-refractivity contribution in [2.24, 2.45) is 39.9 Å². The molecule has 0 unspecified atom stereocenters. The van der Waals surface area contributed by atoms with Crippen molar-refractivity contribution in [2.45, 2.75) is 58.8 Å². The van der Waals surface area contributed by atoms with Gasteiger partial charge < -0.3 is 0 Å². The zero-order valence-corrected chi connectivity index (χ0v) is 12.8. The summed E-state index contributed by atoms with van der Waals surface area (Å²) >= 11 is 0. The lowest BCUT2D eigenvalue weighted by Crippen LogP contribution is -2.50. The number of carbonyl (C=O) groups excluding carboxylic acids is 1. The van der Waals surface area contributed by atoms with Crippen LogP contribution in [0.1, 0.15) is 58.8 Å². The summed E-state index contributed by atoms with van der Waals surface area (Å²) in [5.74, 6) is 3.79. The molecule has 0 aromatic rings. The Morgan fingerprint density at radius 2 is 1.95 bits per heavy atom. The third-order valence-electron chi connectivity index (χ3n) is 8.70. The van der Waals surface area contributed by atoms with Gasteiger partial charge in [0.25, 0.3) is 0 Å². The molecule has 0 bridgehead atoms. The van der Waals surface area contributed by atoms with Gasteiger partial charge in [-0.1, -0.05) is 26.0 Å². The molecule has 1 nitrogen and oxygen atoms in total. The van der Waals surface area contributed by atoms with E-state index in [0.29, 0.717) is 28.4 Å². The van der Waals surface area contributed by atoms with Gasteiger partial charge in [-0.3, -0.25) is 4.79 Å². The fourth-order valence-corrected chi connectivity index (χ4v) is 7.30. The molecule has 0 amide bonds. The van der Waals surface area contributed by atoms with Crippen molar-refractivity contribution >= 4 is 5.78 Å². The molecule has 0 aromatic heterocycles. The molecule has 1 spiro atoms. The van der Waals surface area contributed by atoms with Gasteiger partial charge in [-0.05, 0) is 73.0 Å². The van der Waals surface area contributed by atoms with Crippen molar-refractivity contribution in [1.82, 2.24) is 0 Å². The Morgan fingerprint density at radius 1 is 1.10 bits per heavy atom. The average molecular weight is 270 g/mol. The SMILES string of the molecule is C[C@]12CC[C@H]3[C@@H](C=C[C@]45C[C@H]4CC[C@]35C)[C@@H]1CCC2=O. The predicted molar refractivity (Wildman–Crippen MR) is 79.1 cm³/mol. The molecule has 7 atom stereocenters. The molecule has 20 heavy (non-hydrogen) atoms. The number of ketones is 1. The first-order valence-corrected chi connectivity index (χ1v) is 8.74. The summed E-state index contributed by atoms with van der Waals surface area (Å²) < 4.78 is 0. The predicted octanol–water partition coefficient (Wildman–Crippen LogP) is 4.37. The molecular formula is C19H26O. The normalized spacial score (nSPS) is 62.6. The first-order valence-electron chi connectivity index (χ1n) is 8.74. The number of carbonyl (C=O) groups is 1. The van der Waals surface area contributed by atoms with Crippen LogP contribution in [-0.4, -0.2) is 5.78 Å². The molecule has 0 aliphatic heterocycles. The number of fused-ring (bicyclic) bond motifs is 4. The van der Waals surface area contributed by atoms with E-state index in [1.807, 2.05) is 0 Å². The van der Waals surface area contributed by atoms with Gasteiger partial charge in [-0.25, -0.2) is 0 Å². The second-order valence-electron chi connectivity index (χ2n) is 8.97. The highest BCUT2D eigenvalue weighted by molar-refractivity contribution is 5.87. The summed E-state index contributed by atoms with van der Waals surface area (Å²) in [6.45, 7) is 4.87. The molecule has 5 aliphatic carbocycles. The van der Waals surface area contributed by atoms with E-state index in [1.165, 1.54) is 32.1 Å². The Morgan fingerprint density at radius 3 is 2.75 bits per heavy atom. The van der Waals surface area contributed by atoms with Crippen molar-refractivity contribution in [2.75, 3.05) is 0 Å². The van der Waals surface area contributed by atoms with Crippen LogP contribution in [-0.2, 0) is 4.79 Å². The summed E-state index contributed by atoms with van der Waals surface area (Å²) in [7, 11) is 0. The lowest BCUT2D eigenvalue weighted by Gasteiger charge is -2.55. The van der Waals surface area contributed by atoms with Gasteiger partial charge in [0, 0.05) is 11.8 Å². The minimum absolute atomic E-state index is 0.0218. The number of Topliss-reactive ketones (excluding diaryl/α,β-unsaturated/α-hetero) is 1. The van der Waals surface area contributed by atoms with Crippen LogP contribution in [0, 0.1) is 39.9 Å². The molecule has 5 rings (SSSR count). The van der Waals surface area contributed by atoms with Crippen LogP contribution >= 0.6 is 0 Å². The van der Waals surface area contributed by atoms with Crippen LogP contribution in [0.15, 0.2) is 12.2 Å². The number of hydrogen-bond acceptors (Lipinski definition) is 1. The molecular weight excluding hydrogens is 244 g/mol. The molecule has 0 N–H and O–H groups in total. The van der Waals surface area contributed by atoms with Crippen LogP contribution in [0.5, 0.6) is 0 Å². The Balaban J connectivity index is 1.59. The molecule has 108 valence electrons. The average Bonchev–Trinajstić information content (AvgIpc) is 2.96. The first-order chi connectivity index (χ1) is 9.51. The molecule has 1 heteroatoms. The maximum atomic E-state index is 12.4. The van der Waals surface area contributed by atoms with Crippen molar-refractivity contribution < 1.29 is 4.79 Å². The minimum atomic E-state index is 0.0218. The van der Waals surface area contributed by atoms with E-state index in [4.69, 9.17) is 0 Å². The third kappa shape index (κ3) is 1.06. The Bertz CT molecular complexity index is 534. The Kier molecular flexibility index (Phi) is 1.95. The quantitative estimate of drug-likeness (QED) is 0.597. The molecule has 4 fully saturated rings. The van der Waals surface area contributed by atoms with Gasteiger partial charge in [0.15, 0.2) is 0 Å². The number of allylic oxidation sites excluding steroid dienone is 2. The number of rotatable bonds is 0. The third-order valence-corrected chi connectivity index (χ3v) is 8.70. The highest BCUT2D eigenvalue weighted by atomic mass is 16.1. The highest BCUT2D eigenvalue weighted by Crippen LogP contribution is 2.79. The van der Waals surface area contributed by atoms with E-state index in [1.54, 1.807) is 0 Å². The van der Waals surface area contributed by atoms with Gasteiger partial charge in [-0.2, -0.15) is 0 Å². The van der Waals surface area contributed by atoms with E-state index in [-0.39, 0.29) is 5.41 Å². The van der Waals surface area contributed by atoms with Crippen LogP contribution in [0.3, 0.4) is 0 Å². The molecule has 4 saturated carbocycles. The van der Waals surface area contributed by atoms with Crippen molar-refractivity contribution in [3.63, 3.8) is 0 Å². The van der Waals surface area contributed by atoms with E-state index < -0.39 is 0 Å². The van der Waals surface area contributed by atoms with Crippen LogP contribution in [0.4, 0.5) is 0 Å². The fraction of sp³-hybridized carbons (Fsp3) is 0.842.